The van der Waals surface area contributed by atoms with Gasteiger partial charge < -0.3 is 9.64 Å². The summed E-state index contributed by atoms with van der Waals surface area (Å²) in [5.74, 6) is 0.967. The molecule has 0 spiro atoms. The standard InChI is InChI=1S/C21H24ClNOS/c1-15-12-17-10-11-23(14-18(17)13-20(15)24-2)21(25)5-3-4-16-6-8-19(22)9-7-16/h6-9,12-13H,3-5,10-11,14H2,1-2H3. The number of nitrogens with zero attached hydrogens (tertiary/aromatic N) is 1. The molecule has 0 fully saturated rings. The van der Waals surface area contributed by atoms with E-state index in [0.29, 0.717) is 0 Å². The predicted octanol–water partition coefficient (Wildman–Crippen LogP) is 5.37. The Labute approximate surface area is 160 Å². The van der Waals surface area contributed by atoms with Crippen LogP contribution in [0.15, 0.2) is 36.4 Å². The second kappa shape index (κ2) is 8.20. The van der Waals surface area contributed by atoms with Crippen LogP contribution in [0.3, 0.4) is 0 Å². The summed E-state index contributed by atoms with van der Waals surface area (Å²) in [4.78, 5) is 3.41. The maximum absolute atomic E-state index is 5.93. The van der Waals surface area contributed by atoms with Crippen LogP contribution >= 0.6 is 23.8 Å². The smallest absolute Gasteiger partial charge is 0.122 e. The molecule has 0 saturated carbocycles. The van der Waals surface area contributed by atoms with Crippen molar-refractivity contribution in [1.29, 1.82) is 0 Å². The second-order valence-corrected chi connectivity index (χ2v) is 7.54. The van der Waals surface area contributed by atoms with E-state index in [1.807, 2.05) is 12.1 Å². The number of methoxy groups -OCH3 is 1. The summed E-state index contributed by atoms with van der Waals surface area (Å²) >= 11 is 11.6. The monoisotopic (exact) mass is 373 g/mol. The fraction of sp³-hybridized carbons (Fsp3) is 0.381. The summed E-state index contributed by atoms with van der Waals surface area (Å²) < 4.78 is 5.47. The van der Waals surface area contributed by atoms with Crippen LogP contribution in [-0.4, -0.2) is 23.5 Å². The van der Waals surface area contributed by atoms with Crippen molar-refractivity contribution in [3.8, 4) is 5.75 Å². The SMILES string of the molecule is COc1cc2c(cc1C)CCN(C(=S)CCCc1ccc(Cl)cc1)C2. The lowest BCUT2D eigenvalue weighted by Gasteiger charge is -2.31. The molecule has 0 N–H and O–H groups in total. The second-order valence-electron chi connectivity index (χ2n) is 6.64. The summed E-state index contributed by atoms with van der Waals surface area (Å²) in [6.07, 6.45) is 4.11. The maximum Gasteiger partial charge on any atom is 0.122 e. The first-order valence-electron chi connectivity index (χ1n) is 8.75. The Morgan fingerprint density at radius 1 is 1.20 bits per heavy atom. The molecule has 0 radical (unpaired) electrons. The normalized spacial score (nSPS) is 13.5. The summed E-state index contributed by atoms with van der Waals surface area (Å²) in [5, 5.41) is 0.789. The van der Waals surface area contributed by atoms with Crippen LogP contribution in [0, 0.1) is 6.92 Å². The first-order valence-corrected chi connectivity index (χ1v) is 9.54. The van der Waals surface area contributed by atoms with Gasteiger partial charge in [-0.3, -0.25) is 0 Å². The number of ether oxygens (including phenoxy) is 1. The van der Waals surface area contributed by atoms with E-state index in [2.05, 4.69) is 36.1 Å². The lowest BCUT2D eigenvalue weighted by atomic mass is 9.96. The van der Waals surface area contributed by atoms with E-state index in [0.717, 1.165) is 54.5 Å². The molecule has 2 nitrogen and oxygen atoms in total. The average Bonchev–Trinajstić information content (AvgIpc) is 2.62. The fourth-order valence-corrected chi connectivity index (χ4v) is 3.82. The van der Waals surface area contributed by atoms with Crippen LogP contribution in [-0.2, 0) is 19.4 Å². The summed E-state index contributed by atoms with van der Waals surface area (Å²) in [6.45, 7) is 4.01. The molecular formula is C21H24ClNOS. The lowest BCUT2D eigenvalue weighted by molar-refractivity contribution is 0.383. The molecule has 0 amide bonds. The van der Waals surface area contributed by atoms with E-state index in [-0.39, 0.29) is 0 Å². The molecule has 0 bridgehead atoms. The molecular weight excluding hydrogens is 350 g/mol. The number of hydrogen-bond donors (Lipinski definition) is 0. The van der Waals surface area contributed by atoms with Crippen molar-refractivity contribution < 1.29 is 4.74 Å². The van der Waals surface area contributed by atoms with E-state index in [9.17, 15) is 0 Å². The first kappa shape index (κ1) is 18.2. The number of hydrogen-bond acceptors (Lipinski definition) is 2. The van der Waals surface area contributed by atoms with Gasteiger partial charge in [0, 0.05) is 18.1 Å². The van der Waals surface area contributed by atoms with Gasteiger partial charge in [-0.15, -0.1) is 0 Å². The Kier molecular flexibility index (Phi) is 5.98. The molecule has 0 saturated heterocycles. The molecule has 0 atom stereocenters. The van der Waals surface area contributed by atoms with Crippen LogP contribution in [0.25, 0.3) is 0 Å². The van der Waals surface area contributed by atoms with Gasteiger partial charge >= 0.3 is 0 Å². The van der Waals surface area contributed by atoms with Crippen molar-refractivity contribution in [2.45, 2.75) is 39.2 Å². The quantitative estimate of drug-likeness (QED) is 0.654. The van der Waals surface area contributed by atoms with Gasteiger partial charge in [0.15, 0.2) is 0 Å². The van der Waals surface area contributed by atoms with Crippen molar-refractivity contribution >= 4 is 28.8 Å². The van der Waals surface area contributed by atoms with Gasteiger partial charge in [-0.1, -0.05) is 42.0 Å². The van der Waals surface area contributed by atoms with E-state index >= 15 is 0 Å². The third-order valence-corrected chi connectivity index (χ3v) is 5.57. The minimum atomic E-state index is 0.789. The average molecular weight is 374 g/mol. The molecule has 132 valence electrons. The number of aryl methyl sites for hydroxylation is 2. The molecule has 0 aliphatic carbocycles. The zero-order valence-corrected chi connectivity index (χ0v) is 16.4. The van der Waals surface area contributed by atoms with Gasteiger partial charge in [0.05, 0.1) is 12.1 Å². The van der Waals surface area contributed by atoms with E-state index < -0.39 is 0 Å². The zero-order valence-electron chi connectivity index (χ0n) is 14.8. The highest BCUT2D eigenvalue weighted by Crippen LogP contribution is 2.28. The van der Waals surface area contributed by atoms with Gasteiger partial charge in [-0.05, 0) is 73.1 Å². The van der Waals surface area contributed by atoms with Crippen LogP contribution in [0.5, 0.6) is 5.75 Å². The Morgan fingerprint density at radius 3 is 2.68 bits per heavy atom. The molecule has 1 aliphatic rings. The van der Waals surface area contributed by atoms with Gasteiger partial charge in [0.2, 0.25) is 0 Å². The Morgan fingerprint density at radius 2 is 1.96 bits per heavy atom. The number of benzene rings is 2. The predicted molar refractivity (Wildman–Crippen MR) is 109 cm³/mol. The first-order chi connectivity index (χ1) is 12.1. The van der Waals surface area contributed by atoms with Gasteiger partial charge in [0.25, 0.3) is 0 Å². The van der Waals surface area contributed by atoms with Crippen LogP contribution < -0.4 is 4.74 Å². The highest BCUT2D eigenvalue weighted by molar-refractivity contribution is 7.80. The van der Waals surface area contributed by atoms with E-state index in [4.69, 9.17) is 28.6 Å². The van der Waals surface area contributed by atoms with Crippen molar-refractivity contribution in [2.24, 2.45) is 0 Å². The Balaban J connectivity index is 1.56. The number of rotatable bonds is 5. The molecule has 25 heavy (non-hydrogen) atoms. The Hall–Kier alpha value is -1.58. The molecule has 1 aliphatic heterocycles. The largest absolute Gasteiger partial charge is 0.496 e. The summed E-state index contributed by atoms with van der Waals surface area (Å²) in [6, 6.07) is 12.5. The van der Waals surface area contributed by atoms with Crippen molar-refractivity contribution in [2.75, 3.05) is 13.7 Å². The minimum Gasteiger partial charge on any atom is -0.496 e. The third kappa shape index (κ3) is 4.53. The maximum atomic E-state index is 5.93. The minimum absolute atomic E-state index is 0.789. The lowest BCUT2D eigenvalue weighted by Crippen LogP contribution is -2.34. The topological polar surface area (TPSA) is 12.5 Å². The third-order valence-electron chi connectivity index (χ3n) is 4.85. The number of thiocarbonyl (C=S) groups is 1. The molecule has 3 rings (SSSR count). The molecule has 0 aromatic heterocycles. The van der Waals surface area contributed by atoms with Crippen LogP contribution in [0.1, 0.15) is 35.1 Å². The molecule has 2 aromatic carbocycles. The van der Waals surface area contributed by atoms with Crippen molar-refractivity contribution in [1.82, 2.24) is 4.90 Å². The zero-order chi connectivity index (χ0) is 17.8. The molecule has 0 unspecified atom stereocenters. The molecule has 4 heteroatoms. The summed E-state index contributed by atoms with van der Waals surface area (Å²) in [7, 11) is 1.73. The van der Waals surface area contributed by atoms with Gasteiger partial charge in [-0.25, -0.2) is 0 Å². The van der Waals surface area contributed by atoms with E-state index in [1.165, 1.54) is 22.3 Å². The molecule has 2 aromatic rings. The number of halogens is 1. The van der Waals surface area contributed by atoms with Crippen LogP contribution in [0.2, 0.25) is 5.02 Å². The van der Waals surface area contributed by atoms with Crippen molar-refractivity contribution in [3.05, 3.63) is 63.7 Å². The highest BCUT2D eigenvalue weighted by atomic mass is 35.5. The van der Waals surface area contributed by atoms with Crippen molar-refractivity contribution in [3.63, 3.8) is 0 Å². The van der Waals surface area contributed by atoms with Gasteiger partial charge in [0.1, 0.15) is 5.75 Å². The highest BCUT2D eigenvalue weighted by Gasteiger charge is 2.19. The van der Waals surface area contributed by atoms with Gasteiger partial charge in [-0.2, -0.15) is 0 Å². The molecule has 1 heterocycles. The van der Waals surface area contributed by atoms with E-state index in [1.54, 1.807) is 7.11 Å². The number of fused-ring (bicyclic) bond motifs is 1. The summed E-state index contributed by atoms with van der Waals surface area (Å²) in [5.41, 5.74) is 5.30. The Bertz CT molecular complexity index is 757. The fourth-order valence-electron chi connectivity index (χ4n) is 3.40. The van der Waals surface area contributed by atoms with Crippen LogP contribution in [0.4, 0.5) is 0 Å².